The second kappa shape index (κ2) is 8.28. The number of fused-ring (bicyclic) bond motifs is 1. The molecular weight excluding hydrogens is 467 g/mol. The van der Waals surface area contributed by atoms with Gasteiger partial charge in [0.2, 0.25) is 11.8 Å². The van der Waals surface area contributed by atoms with Gasteiger partial charge in [0, 0.05) is 17.6 Å². The van der Waals surface area contributed by atoms with Gasteiger partial charge in [0.15, 0.2) is 5.69 Å². The molecule has 0 saturated heterocycles. The molecule has 0 radical (unpaired) electrons. The van der Waals surface area contributed by atoms with Crippen molar-refractivity contribution in [1.82, 2.24) is 20.1 Å². The van der Waals surface area contributed by atoms with Gasteiger partial charge in [-0.05, 0) is 75.3 Å². The minimum Gasteiger partial charge on any atom is -0.474 e. The van der Waals surface area contributed by atoms with Crippen LogP contribution in [-0.4, -0.2) is 44.6 Å². The number of hydrogen-bond acceptors (Lipinski definition) is 6. The van der Waals surface area contributed by atoms with E-state index in [2.05, 4.69) is 15.4 Å². The van der Waals surface area contributed by atoms with E-state index in [0.717, 1.165) is 25.7 Å². The number of aromatic nitrogens is 3. The van der Waals surface area contributed by atoms with Crippen LogP contribution in [0.3, 0.4) is 0 Å². The van der Waals surface area contributed by atoms with Crippen LogP contribution in [0.5, 0.6) is 5.88 Å². The molecule has 2 aliphatic carbocycles. The number of carbonyl (C=O) groups excluding carboxylic acids is 3. The van der Waals surface area contributed by atoms with Crippen molar-refractivity contribution in [2.75, 3.05) is 0 Å². The number of benzene rings is 1. The van der Waals surface area contributed by atoms with Gasteiger partial charge < -0.3 is 21.5 Å². The number of primary amides is 2. The van der Waals surface area contributed by atoms with Crippen molar-refractivity contribution in [2.45, 2.75) is 57.2 Å². The molecule has 0 atom stereocenters. The van der Waals surface area contributed by atoms with E-state index in [1.54, 1.807) is 32.2 Å². The minimum atomic E-state index is -1.26. The summed E-state index contributed by atoms with van der Waals surface area (Å²) in [6, 6.07) is 7.14. The molecule has 3 aromatic rings. The number of pyridine rings is 1. The standard InChI is InChI=1S/C25H27FN6O4/c1-24(2,23(28)35)32-18-8-13(26)5-6-16(18)19(31-32)21(34)30-14-9-25(10-14)11-15(12-25)36-22-17(20(27)33)4-3-7-29-22/h3-8,14-15H,9-12H2,1-2H3,(H2,27,33)(H2,28,35)(H,30,34). The van der Waals surface area contributed by atoms with Crippen LogP contribution in [-0.2, 0) is 10.3 Å². The van der Waals surface area contributed by atoms with Crippen molar-refractivity contribution >= 4 is 28.6 Å². The normalized spacial score (nSPS) is 23.1. The zero-order valence-corrected chi connectivity index (χ0v) is 20.0. The van der Waals surface area contributed by atoms with Crippen molar-refractivity contribution in [3.8, 4) is 5.88 Å². The predicted molar refractivity (Wildman–Crippen MR) is 128 cm³/mol. The lowest BCUT2D eigenvalue weighted by Gasteiger charge is -2.57. The molecule has 10 nitrogen and oxygen atoms in total. The third-order valence-electron chi connectivity index (χ3n) is 7.32. The van der Waals surface area contributed by atoms with E-state index >= 15 is 0 Å². The van der Waals surface area contributed by atoms with E-state index in [1.165, 1.54) is 22.9 Å². The van der Waals surface area contributed by atoms with E-state index in [0.29, 0.717) is 10.9 Å². The fourth-order valence-electron chi connectivity index (χ4n) is 5.28. The quantitative estimate of drug-likeness (QED) is 0.456. The Balaban J connectivity index is 1.24. The van der Waals surface area contributed by atoms with E-state index in [9.17, 15) is 18.8 Å². The van der Waals surface area contributed by atoms with Crippen molar-refractivity contribution in [3.63, 3.8) is 0 Å². The summed E-state index contributed by atoms with van der Waals surface area (Å²) in [4.78, 5) is 40.8. The minimum absolute atomic E-state index is 0.0423. The predicted octanol–water partition coefficient (Wildman–Crippen LogP) is 2.01. The second-order valence-electron chi connectivity index (χ2n) is 10.3. The molecule has 0 bridgehead atoms. The van der Waals surface area contributed by atoms with Crippen LogP contribution < -0.4 is 21.5 Å². The molecule has 2 heterocycles. The Kier molecular flexibility index (Phi) is 5.46. The largest absolute Gasteiger partial charge is 0.474 e. The summed E-state index contributed by atoms with van der Waals surface area (Å²) in [5.41, 5.74) is 10.4. The van der Waals surface area contributed by atoms with Crippen LogP contribution in [0.4, 0.5) is 4.39 Å². The fraction of sp³-hybridized carbons (Fsp3) is 0.400. The Bertz CT molecular complexity index is 1390. The van der Waals surface area contributed by atoms with E-state index in [1.807, 2.05) is 0 Å². The van der Waals surface area contributed by atoms with Gasteiger partial charge in [0.25, 0.3) is 11.8 Å². The monoisotopic (exact) mass is 494 g/mol. The van der Waals surface area contributed by atoms with Crippen molar-refractivity contribution in [3.05, 3.63) is 53.6 Å². The third-order valence-corrected chi connectivity index (χ3v) is 7.32. The highest BCUT2D eigenvalue weighted by molar-refractivity contribution is 6.05. The van der Waals surface area contributed by atoms with Crippen molar-refractivity contribution < 1.29 is 23.5 Å². The maximum atomic E-state index is 14.0. The van der Waals surface area contributed by atoms with Crippen LogP contribution in [0.2, 0.25) is 0 Å². The number of nitrogens with zero attached hydrogens (tertiary/aromatic N) is 3. The number of hydrogen-bond donors (Lipinski definition) is 3. The summed E-state index contributed by atoms with van der Waals surface area (Å²) >= 11 is 0. The molecule has 3 amide bonds. The van der Waals surface area contributed by atoms with Gasteiger partial charge >= 0.3 is 0 Å². The Morgan fingerprint density at radius 1 is 1.17 bits per heavy atom. The zero-order chi connectivity index (χ0) is 25.8. The van der Waals surface area contributed by atoms with Gasteiger partial charge in [-0.3, -0.25) is 14.4 Å². The van der Waals surface area contributed by atoms with E-state index in [-0.39, 0.29) is 34.7 Å². The average Bonchev–Trinajstić information content (AvgIpc) is 3.15. The summed E-state index contributed by atoms with van der Waals surface area (Å²) in [5, 5.41) is 7.81. The Morgan fingerprint density at radius 2 is 1.89 bits per heavy atom. The topological polar surface area (TPSA) is 155 Å². The summed E-state index contributed by atoms with van der Waals surface area (Å²) in [7, 11) is 0. The molecule has 2 aromatic heterocycles. The highest BCUT2D eigenvalue weighted by atomic mass is 19.1. The van der Waals surface area contributed by atoms with Crippen LogP contribution in [0, 0.1) is 11.2 Å². The molecule has 0 unspecified atom stereocenters. The van der Waals surface area contributed by atoms with Crippen LogP contribution in [0.25, 0.3) is 10.9 Å². The lowest BCUT2D eigenvalue weighted by atomic mass is 9.53. The second-order valence-corrected chi connectivity index (χ2v) is 10.3. The average molecular weight is 495 g/mol. The van der Waals surface area contributed by atoms with Crippen LogP contribution >= 0.6 is 0 Å². The van der Waals surface area contributed by atoms with Gasteiger partial charge in [-0.2, -0.15) is 5.10 Å². The summed E-state index contributed by atoms with van der Waals surface area (Å²) in [6.07, 6.45) is 4.62. The number of nitrogens with two attached hydrogens (primary N) is 2. The van der Waals surface area contributed by atoms with Gasteiger partial charge in [-0.1, -0.05) is 0 Å². The van der Waals surface area contributed by atoms with E-state index in [4.69, 9.17) is 16.2 Å². The first-order chi connectivity index (χ1) is 17.0. The molecule has 36 heavy (non-hydrogen) atoms. The number of amides is 3. The molecular formula is C25H27FN6O4. The summed E-state index contributed by atoms with van der Waals surface area (Å²) < 4.78 is 21.2. The first kappa shape index (κ1) is 23.7. The SMILES string of the molecule is CC(C)(C(N)=O)n1nc(C(=O)NC2CC3(C2)CC(Oc2ncccc2C(N)=O)C3)c2ccc(F)cc21. The molecule has 0 aliphatic heterocycles. The number of rotatable bonds is 7. The molecule has 2 aliphatic rings. The lowest BCUT2D eigenvalue weighted by molar-refractivity contribution is -0.125. The number of carbonyl (C=O) groups is 3. The third kappa shape index (κ3) is 3.94. The van der Waals surface area contributed by atoms with E-state index < -0.39 is 29.1 Å². The molecule has 2 saturated carbocycles. The highest BCUT2D eigenvalue weighted by Gasteiger charge is 2.54. The maximum absolute atomic E-state index is 14.0. The Hall–Kier alpha value is -4.02. The number of nitrogens with one attached hydrogen (secondary N) is 1. The highest BCUT2D eigenvalue weighted by Crippen LogP contribution is 2.56. The van der Waals surface area contributed by atoms with Crippen molar-refractivity contribution in [2.24, 2.45) is 16.9 Å². The lowest BCUT2D eigenvalue weighted by Crippen LogP contribution is -2.58. The summed E-state index contributed by atoms with van der Waals surface area (Å²) in [6.45, 7) is 3.13. The maximum Gasteiger partial charge on any atom is 0.272 e. The van der Waals surface area contributed by atoms with Crippen LogP contribution in [0.15, 0.2) is 36.5 Å². The molecule has 1 spiro atoms. The van der Waals surface area contributed by atoms with Crippen molar-refractivity contribution in [1.29, 1.82) is 0 Å². The first-order valence-electron chi connectivity index (χ1n) is 11.7. The fourth-order valence-corrected chi connectivity index (χ4v) is 5.28. The van der Waals surface area contributed by atoms with Crippen LogP contribution in [0.1, 0.15) is 60.4 Å². The van der Waals surface area contributed by atoms with Gasteiger partial charge in [-0.25, -0.2) is 14.1 Å². The van der Waals surface area contributed by atoms with Gasteiger partial charge in [0.05, 0.1) is 5.52 Å². The molecule has 1 aromatic carbocycles. The number of halogens is 1. The molecule has 11 heteroatoms. The van der Waals surface area contributed by atoms with Gasteiger partial charge in [0.1, 0.15) is 23.0 Å². The number of ether oxygens (including phenoxy) is 1. The Morgan fingerprint density at radius 3 is 2.56 bits per heavy atom. The molecule has 188 valence electrons. The molecule has 2 fully saturated rings. The smallest absolute Gasteiger partial charge is 0.272 e. The Labute approximate surface area is 206 Å². The molecule has 5 N–H and O–H groups in total. The summed E-state index contributed by atoms with van der Waals surface area (Å²) in [5.74, 6) is -1.90. The van der Waals surface area contributed by atoms with Gasteiger partial charge in [-0.15, -0.1) is 0 Å². The zero-order valence-electron chi connectivity index (χ0n) is 20.0. The molecule has 5 rings (SSSR count). The first-order valence-corrected chi connectivity index (χ1v) is 11.7.